The van der Waals surface area contributed by atoms with Crippen LogP contribution in [0, 0.1) is 11.7 Å². The van der Waals surface area contributed by atoms with Crippen molar-refractivity contribution in [3.63, 3.8) is 0 Å². The maximum atomic E-state index is 15.5. The van der Waals surface area contributed by atoms with Crippen molar-refractivity contribution in [3.05, 3.63) is 84.1 Å². The molecule has 5 rings (SSSR count). The van der Waals surface area contributed by atoms with Gasteiger partial charge in [-0.1, -0.05) is 37.5 Å². The Morgan fingerprint density at radius 1 is 1.05 bits per heavy atom. The molecule has 39 heavy (non-hydrogen) atoms. The number of halogens is 1. The van der Waals surface area contributed by atoms with Crippen LogP contribution in [-0.4, -0.2) is 33.8 Å². The summed E-state index contributed by atoms with van der Waals surface area (Å²) < 4.78 is 22.0. The molecule has 0 aliphatic heterocycles. The van der Waals surface area contributed by atoms with E-state index in [1.54, 1.807) is 46.4 Å². The summed E-state index contributed by atoms with van der Waals surface area (Å²) in [5.74, 6) is -1.01. The monoisotopic (exact) mass is 526 g/mol. The first-order chi connectivity index (χ1) is 18.9. The zero-order chi connectivity index (χ0) is 27.4. The number of anilines is 1. The van der Waals surface area contributed by atoms with Crippen molar-refractivity contribution in [3.8, 4) is 11.1 Å². The van der Waals surface area contributed by atoms with Crippen molar-refractivity contribution in [2.75, 3.05) is 12.0 Å². The van der Waals surface area contributed by atoms with Crippen LogP contribution in [0.5, 0.6) is 0 Å². The van der Waals surface area contributed by atoms with Gasteiger partial charge in [-0.05, 0) is 59.9 Å². The first kappa shape index (κ1) is 26.3. The second-order valence-corrected chi connectivity index (χ2v) is 9.94. The van der Waals surface area contributed by atoms with E-state index >= 15 is 4.39 Å². The van der Waals surface area contributed by atoms with Crippen LogP contribution in [0.1, 0.15) is 43.2 Å². The number of fused-ring (bicyclic) bond motifs is 1. The van der Waals surface area contributed by atoms with Crippen LogP contribution >= 0.6 is 0 Å². The molecular weight excluding hydrogens is 495 g/mol. The quantitative estimate of drug-likeness (QED) is 0.216. The second-order valence-electron chi connectivity index (χ2n) is 9.94. The van der Waals surface area contributed by atoms with E-state index in [1.165, 1.54) is 19.3 Å². The van der Waals surface area contributed by atoms with Crippen LogP contribution in [0.25, 0.3) is 28.1 Å². The third kappa shape index (κ3) is 5.90. The zero-order valence-electron chi connectivity index (χ0n) is 22.1. The molecule has 1 amide bonds. The van der Waals surface area contributed by atoms with Crippen molar-refractivity contribution in [1.29, 1.82) is 0 Å². The highest BCUT2D eigenvalue weighted by Gasteiger charge is 2.28. The van der Waals surface area contributed by atoms with Crippen molar-refractivity contribution in [2.24, 2.45) is 13.0 Å². The Balaban J connectivity index is 1.45. The first-order valence-corrected chi connectivity index (χ1v) is 13.2. The standard InChI is InChI=1S/C31H31FN4O3/c1-35-29-12-11-23(15-26(29)18-34-35)24-9-10-25(28(32)16-24)20-36(31(38)22-6-4-3-5-7-22)27-14-21(17-33-19-27)8-13-30(37)39-2/h8-19,22H,3-7,20H2,1-2H3/b13-8+. The van der Waals surface area contributed by atoms with Gasteiger partial charge in [0.25, 0.3) is 0 Å². The van der Waals surface area contributed by atoms with Crippen LogP contribution in [0.15, 0.2) is 67.1 Å². The Morgan fingerprint density at radius 2 is 1.82 bits per heavy atom. The lowest BCUT2D eigenvalue weighted by Gasteiger charge is -2.29. The van der Waals surface area contributed by atoms with Gasteiger partial charge in [-0.25, -0.2) is 9.18 Å². The maximum Gasteiger partial charge on any atom is 0.330 e. The number of methoxy groups -OCH3 is 1. The molecule has 1 fully saturated rings. The molecule has 7 nitrogen and oxygen atoms in total. The van der Waals surface area contributed by atoms with Crippen molar-refractivity contribution in [1.82, 2.24) is 14.8 Å². The van der Waals surface area contributed by atoms with Gasteiger partial charge >= 0.3 is 5.97 Å². The molecule has 0 radical (unpaired) electrons. The maximum absolute atomic E-state index is 15.5. The molecule has 8 heteroatoms. The fraction of sp³-hybridized carbons (Fsp3) is 0.290. The number of aromatic nitrogens is 3. The summed E-state index contributed by atoms with van der Waals surface area (Å²) in [6.07, 6.45) is 12.7. The third-order valence-corrected chi connectivity index (χ3v) is 7.35. The van der Waals surface area contributed by atoms with Crippen LogP contribution in [0.4, 0.5) is 10.1 Å². The Kier molecular flexibility index (Phi) is 7.81. The molecule has 1 saturated carbocycles. The van der Waals surface area contributed by atoms with Gasteiger partial charge in [0, 0.05) is 36.2 Å². The summed E-state index contributed by atoms with van der Waals surface area (Å²) in [7, 11) is 3.19. The van der Waals surface area contributed by atoms with Gasteiger partial charge < -0.3 is 9.64 Å². The minimum absolute atomic E-state index is 0.0314. The second kappa shape index (κ2) is 11.6. The molecule has 0 spiro atoms. The topological polar surface area (TPSA) is 77.3 Å². The Hall–Kier alpha value is -4.33. The lowest BCUT2D eigenvalue weighted by atomic mass is 9.88. The number of amides is 1. The van der Waals surface area contributed by atoms with Crippen molar-refractivity contribution < 1.29 is 18.7 Å². The number of benzene rings is 2. The molecule has 2 aromatic carbocycles. The highest BCUT2D eigenvalue weighted by molar-refractivity contribution is 5.95. The van der Waals surface area contributed by atoms with Gasteiger partial charge in [0.2, 0.25) is 5.91 Å². The van der Waals surface area contributed by atoms with Gasteiger partial charge in [-0.2, -0.15) is 5.10 Å². The number of aryl methyl sites for hydroxylation is 1. The molecule has 4 aromatic rings. The van der Waals surface area contributed by atoms with Crippen LogP contribution in [0.2, 0.25) is 0 Å². The number of hydrogen-bond acceptors (Lipinski definition) is 5. The number of esters is 1. The summed E-state index contributed by atoms with van der Waals surface area (Å²) in [5, 5.41) is 5.27. The van der Waals surface area contributed by atoms with Crippen molar-refractivity contribution in [2.45, 2.75) is 38.6 Å². The smallest absolute Gasteiger partial charge is 0.330 e. The number of ether oxygens (including phenoxy) is 1. The Morgan fingerprint density at radius 3 is 2.59 bits per heavy atom. The molecule has 0 atom stereocenters. The first-order valence-electron chi connectivity index (χ1n) is 13.2. The molecule has 200 valence electrons. The SMILES string of the molecule is COC(=O)/C=C/c1cncc(N(Cc2ccc(-c3ccc4c(cnn4C)c3)cc2F)C(=O)C2CCCCC2)c1. The zero-order valence-corrected chi connectivity index (χ0v) is 22.1. The average molecular weight is 527 g/mol. The predicted molar refractivity (Wildman–Crippen MR) is 149 cm³/mol. The Bertz CT molecular complexity index is 1540. The number of carbonyl (C=O) groups is 2. The van der Waals surface area contributed by atoms with E-state index in [0.29, 0.717) is 16.8 Å². The van der Waals surface area contributed by atoms with Crippen LogP contribution in [-0.2, 0) is 27.9 Å². The van der Waals surface area contributed by atoms with Gasteiger partial charge in [-0.15, -0.1) is 0 Å². The number of hydrogen-bond donors (Lipinski definition) is 0. The average Bonchev–Trinajstić information content (AvgIpc) is 3.35. The van der Waals surface area contributed by atoms with Crippen molar-refractivity contribution >= 4 is 34.5 Å². The van der Waals surface area contributed by atoms with E-state index in [4.69, 9.17) is 0 Å². The minimum Gasteiger partial charge on any atom is -0.466 e. The highest BCUT2D eigenvalue weighted by Crippen LogP contribution is 2.31. The largest absolute Gasteiger partial charge is 0.466 e. The van der Waals surface area contributed by atoms with Gasteiger partial charge in [0.15, 0.2) is 0 Å². The van der Waals surface area contributed by atoms with Gasteiger partial charge in [0.1, 0.15) is 5.82 Å². The molecule has 0 unspecified atom stereocenters. The summed E-state index contributed by atoms with van der Waals surface area (Å²) in [5.41, 5.74) is 4.27. The van der Waals surface area contributed by atoms with Gasteiger partial charge in [0.05, 0.1) is 37.3 Å². The summed E-state index contributed by atoms with van der Waals surface area (Å²) >= 11 is 0. The number of pyridine rings is 1. The van der Waals surface area contributed by atoms with E-state index in [9.17, 15) is 9.59 Å². The normalized spacial score (nSPS) is 14.1. The molecule has 0 bridgehead atoms. The van der Waals surface area contributed by atoms with E-state index in [-0.39, 0.29) is 24.2 Å². The summed E-state index contributed by atoms with van der Waals surface area (Å²) in [6.45, 7) is 0.0783. The summed E-state index contributed by atoms with van der Waals surface area (Å²) in [4.78, 5) is 31.2. The molecule has 0 saturated heterocycles. The fourth-order valence-electron chi connectivity index (χ4n) is 5.15. The van der Waals surface area contributed by atoms with E-state index in [1.807, 2.05) is 31.3 Å². The molecule has 2 heterocycles. The molecule has 1 aliphatic rings. The molecule has 2 aromatic heterocycles. The molecule has 1 aliphatic carbocycles. The number of carbonyl (C=O) groups excluding carboxylic acids is 2. The van der Waals surface area contributed by atoms with E-state index in [0.717, 1.165) is 54.1 Å². The lowest BCUT2D eigenvalue weighted by molar-refractivity contribution is -0.134. The third-order valence-electron chi connectivity index (χ3n) is 7.35. The summed E-state index contributed by atoms with van der Waals surface area (Å²) in [6, 6.07) is 12.8. The number of nitrogens with zero attached hydrogens (tertiary/aromatic N) is 4. The lowest BCUT2D eigenvalue weighted by Crippen LogP contribution is -2.37. The van der Waals surface area contributed by atoms with E-state index < -0.39 is 5.97 Å². The fourth-order valence-corrected chi connectivity index (χ4v) is 5.15. The molecule has 0 N–H and O–H groups in total. The van der Waals surface area contributed by atoms with Gasteiger partial charge in [-0.3, -0.25) is 14.5 Å². The highest BCUT2D eigenvalue weighted by atomic mass is 19.1. The minimum atomic E-state index is -0.486. The number of rotatable bonds is 7. The van der Waals surface area contributed by atoms with E-state index in [2.05, 4.69) is 14.8 Å². The van der Waals surface area contributed by atoms with Crippen LogP contribution in [0.3, 0.4) is 0 Å². The Labute approximate surface area is 226 Å². The molecular formula is C31H31FN4O3. The van der Waals surface area contributed by atoms with Crippen LogP contribution < -0.4 is 4.90 Å². The predicted octanol–water partition coefficient (Wildman–Crippen LogP) is 6.07.